The van der Waals surface area contributed by atoms with E-state index in [9.17, 15) is 4.79 Å². The first-order valence-corrected chi connectivity index (χ1v) is 8.96. The van der Waals surface area contributed by atoms with E-state index in [0.717, 1.165) is 11.4 Å². The quantitative estimate of drug-likeness (QED) is 0.698. The van der Waals surface area contributed by atoms with Crippen LogP contribution < -0.4 is 14.8 Å². The van der Waals surface area contributed by atoms with Gasteiger partial charge in [0.2, 0.25) is 12.7 Å². The number of aromatic nitrogens is 3. The van der Waals surface area contributed by atoms with Crippen LogP contribution in [0.4, 0.5) is 5.69 Å². The van der Waals surface area contributed by atoms with Crippen molar-refractivity contribution >= 4 is 23.4 Å². The van der Waals surface area contributed by atoms with Crippen molar-refractivity contribution in [2.45, 2.75) is 5.16 Å². The van der Waals surface area contributed by atoms with E-state index in [-0.39, 0.29) is 18.5 Å². The third-order valence-electron chi connectivity index (χ3n) is 3.86. The second-order valence-corrected chi connectivity index (χ2v) is 6.58. The zero-order valence-electron chi connectivity index (χ0n) is 14.0. The molecule has 1 aromatic heterocycles. The Kier molecular flexibility index (Phi) is 4.49. The van der Waals surface area contributed by atoms with Crippen LogP contribution in [0.5, 0.6) is 11.5 Å². The van der Waals surface area contributed by atoms with Crippen molar-refractivity contribution in [3.8, 4) is 22.9 Å². The van der Waals surface area contributed by atoms with E-state index in [4.69, 9.17) is 9.47 Å². The first-order chi connectivity index (χ1) is 12.7. The van der Waals surface area contributed by atoms with Crippen molar-refractivity contribution < 1.29 is 14.3 Å². The maximum absolute atomic E-state index is 12.2. The average molecular weight is 368 g/mol. The van der Waals surface area contributed by atoms with Crippen LogP contribution >= 0.6 is 11.8 Å². The van der Waals surface area contributed by atoms with Crippen molar-refractivity contribution in [1.29, 1.82) is 0 Å². The van der Waals surface area contributed by atoms with Gasteiger partial charge in [0.1, 0.15) is 0 Å². The molecule has 1 aliphatic rings. The fourth-order valence-electron chi connectivity index (χ4n) is 2.58. The third kappa shape index (κ3) is 3.36. The summed E-state index contributed by atoms with van der Waals surface area (Å²) >= 11 is 1.34. The van der Waals surface area contributed by atoms with Crippen LogP contribution in [0.25, 0.3) is 11.4 Å². The first-order valence-electron chi connectivity index (χ1n) is 7.98. The molecule has 3 aromatic rings. The molecule has 0 spiro atoms. The summed E-state index contributed by atoms with van der Waals surface area (Å²) < 4.78 is 12.5. The number of rotatable bonds is 5. The zero-order valence-corrected chi connectivity index (χ0v) is 14.8. The van der Waals surface area contributed by atoms with Crippen molar-refractivity contribution in [3.05, 3.63) is 48.5 Å². The van der Waals surface area contributed by atoms with Crippen LogP contribution in [0.3, 0.4) is 0 Å². The Morgan fingerprint density at radius 1 is 1.15 bits per heavy atom. The van der Waals surface area contributed by atoms with Crippen molar-refractivity contribution in [1.82, 2.24) is 14.8 Å². The van der Waals surface area contributed by atoms with Gasteiger partial charge in [-0.25, -0.2) is 0 Å². The third-order valence-corrected chi connectivity index (χ3v) is 4.88. The minimum absolute atomic E-state index is 0.127. The standard InChI is InChI=1S/C18H16N4O3S/c1-22-17(12-5-3-2-4-6-12)20-21-18(22)26-10-16(23)19-13-7-8-14-15(9-13)25-11-24-14/h2-9H,10-11H2,1H3,(H,19,23). The summed E-state index contributed by atoms with van der Waals surface area (Å²) in [6.07, 6.45) is 0. The molecule has 2 aromatic carbocycles. The topological polar surface area (TPSA) is 78.3 Å². The Morgan fingerprint density at radius 3 is 2.81 bits per heavy atom. The molecule has 0 unspecified atom stereocenters. The van der Waals surface area contributed by atoms with Crippen LogP contribution in [-0.4, -0.2) is 33.2 Å². The molecule has 0 radical (unpaired) electrons. The number of carbonyl (C=O) groups excluding carboxylic acids is 1. The Morgan fingerprint density at radius 2 is 1.96 bits per heavy atom. The van der Waals surface area contributed by atoms with E-state index < -0.39 is 0 Å². The SMILES string of the molecule is Cn1c(SCC(=O)Nc2ccc3c(c2)OCO3)nnc1-c1ccccc1. The fraction of sp³-hybridized carbons (Fsp3) is 0.167. The molecule has 1 amide bonds. The van der Waals surface area contributed by atoms with Crippen LogP contribution in [0.2, 0.25) is 0 Å². The molecule has 0 bridgehead atoms. The van der Waals surface area contributed by atoms with Crippen LogP contribution in [0.1, 0.15) is 0 Å². The molecule has 8 heteroatoms. The molecule has 0 aliphatic carbocycles. The maximum atomic E-state index is 12.2. The Labute approximate surface area is 154 Å². The molecular formula is C18H16N4O3S. The number of amides is 1. The van der Waals surface area contributed by atoms with Gasteiger partial charge in [0.05, 0.1) is 5.75 Å². The molecule has 1 N–H and O–H groups in total. The molecule has 26 heavy (non-hydrogen) atoms. The molecule has 0 saturated carbocycles. The number of nitrogens with one attached hydrogen (secondary N) is 1. The summed E-state index contributed by atoms with van der Waals surface area (Å²) in [5, 5.41) is 11.9. The Bertz CT molecular complexity index is 943. The summed E-state index contributed by atoms with van der Waals surface area (Å²) in [7, 11) is 1.89. The van der Waals surface area contributed by atoms with Gasteiger partial charge in [-0.15, -0.1) is 10.2 Å². The van der Waals surface area contributed by atoms with Gasteiger partial charge >= 0.3 is 0 Å². The lowest BCUT2D eigenvalue weighted by Gasteiger charge is -2.06. The highest BCUT2D eigenvalue weighted by Crippen LogP contribution is 2.34. The van der Waals surface area contributed by atoms with Crippen molar-refractivity contribution in [2.75, 3.05) is 17.9 Å². The smallest absolute Gasteiger partial charge is 0.234 e. The van der Waals surface area contributed by atoms with E-state index in [2.05, 4.69) is 15.5 Å². The van der Waals surface area contributed by atoms with Gasteiger partial charge in [-0.1, -0.05) is 42.1 Å². The zero-order chi connectivity index (χ0) is 17.9. The number of hydrogen-bond acceptors (Lipinski definition) is 6. The second-order valence-electron chi connectivity index (χ2n) is 5.64. The summed E-state index contributed by atoms with van der Waals surface area (Å²) in [4.78, 5) is 12.2. The van der Waals surface area contributed by atoms with Gasteiger partial charge < -0.3 is 19.4 Å². The molecule has 1 aliphatic heterocycles. The number of ether oxygens (including phenoxy) is 2. The predicted molar refractivity (Wildman–Crippen MR) is 98.4 cm³/mol. The lowest BCUT2D eigenvalue weighted by atomic mass is 10.2. The molecule has 7 nitrogen and oxygen atoms in total. The highest BCUT2D eigenvalue weighted by atomic mass is 32.2. The van der Waals surface area contributed by atoms with Crippen LogP contribution in [0.15, 0.2) is 53.7 Å². The highest BCUT2D eigenvalue weighted by molar-refractivity contribution is 7.99. The lowest BCUT2D eigenvalue weighted by Crippen LogP contribution is -2.14. The maximum Gasteiger partial charge on any atom is 0.234 e. The average Bonchev–Trinajstić information content (AvgIpc) is 3.27. The number of anilines is 1. The summed E-state index contributed by atoms with van der Waals surface area (Å²) in [6, 6.07) is 15.1. The normalized spacial score (nSPS) is 12.2. The highest BCUT2D eigenvalue weighted by Gasteiger charge is 2.15. The minimum Gasteiger partial charge on any atom is -0.454 e. The van der Waals surface area contributed by atoms with Crippen LogP contribution in [-0.2, 0) is 11.8 Å². The largest absolute Gasteiger partial charge is 0.454 e. The number of fused-ring (bicyclic) bond motifs is 1. The second kappa shape index (κ2) is 7.09. The molecule has 0 fully saturated rings. The monoisotopic (exact) mass is 368 g/mol. The lowest BCUT2D eigenvalue weighted by molar-refractivity contribution is -0.113. The molecule has 2 heterocycles. The fourth-order valence-corrected chi connectivity index (χ4v) is 3.29. The van der Waals surface area contributed by atoms with Gasteiger partial charge in [-0.05, 0) is 12.1 Å². The van der Waals surface area contributed by atoms with Gasteiger partial charge in [-0.3, -0.25) is 4.79 Å². The molecular weight excluding hydrogens is 352 g/mol. The van der Waals surface area contributed by atoms with Crippen LogP contribution in [0, 0.1) is 0 Å². The summed E-state index contributed by atoms with van der Waals surface area (Å²) in [5.41, 5.74) is 1.65. The number of hydrogen-bond donors (Lipinski definition) is 1. The van der Waals surface area contributed by atoms with E-state index in [0.29, 0.717) is 22.3 Å². The summed E-state index contributed by atoms with van der Waals surface area (Å²) in [5.74, 6) is 2.19. The van der Waals surface area contributed by atoms with Crippen molar-refractivity contribution in [3.63, 3.8) is 0 Å². The van der Waals surface area contributed by atoms with E-state index in [1.807, 2.05) is 41.9 Å². The van der Waals surface area contributed by atoms with Gasteiger partial charge in [0.25, 0.3) is 0 Å². The molecule has 132 valence electrons. The molecule has 0 saturated heterocycles. The summed E-state index contributed by atoms with van der Waals surface area (Å²) in [6.45, 7) is 0.207. The first kappa shape index (κ1) is 16.5. The molecule has 4 rings (SSSR count). The van der Waals surface area contributed by atoms with Gasteiger partial charge in [0, 0.05) is 24.4 Å². The number of nitrogens with zero attached hydrogens (tertiary/aromatic N) is 3. The van der Waals surface area contributed by atoms with Gasteiger partial charge in [0.15, 0.2) is 22.5 Å². The minimum atomic E-state index is -0.127. The van der Waals surface area contributed by atoms with E-state index >= 15 is 0 Å². The van der Waals surface area contributed by atoms with Gasteiger partial charge in [-0.2, -0.15) is 0 Å². The predicted octanol–water partition coefficient (Wildman–Crippen LogP) is 2.94. The Hall–Kier alpha value is -3.00. The number of benzene rings is 2. The van der Waals surface area contributed by atoms with Crippen molar-refractivity contribution in [2.24, 2.45) is 7.05 Å². The Balaban J connectivity index is 1.38. The molecule has 0 atom stereocenters. The number of thioether (sulfide) groups is 1. The number of carbonyl (C=O) groups is 1. The van der Waals surface area contributed by atoms with E-state index in [1.165, 1.54) is 11.8 Å². The van der Waals surface area contributed by atoms with E-state index in [1.54, 1.807) is 18.2 Å².